The van der Waals surface area contributed by atoms with Crippen LogP contribution in [0.3, 0.4) is 0 Å². The van der Waals surface area contributed by atoms with Crippen LogP contribution in [0.2, 0.25) is 0 Å². The van der Waals surface area contributed by atoms with Gasteiger partial charge in [-0.3, -0.25) is 4.79 Å². The standard InChI is InChI=1S/C17H26N4O2S/c1-18-8-2-3-11-24-21-9-6-14(7-10-21)19-17(22)15-12-16(23-20-15)13-4-5-13/h3,11-14,18H,2,4-10H2,1H3,(H,19,22)/b11-3+. The van der Waals surface area contributed by atoms with Gasteiger partial charge in [0.25, 0.3) is 5.91 Å². The Labute approximate surface area is 147 Å². The SMILES string of the molecule is CNCC/C=C/SN1CCC(NC(=O)c2cc(C3CC3)on2)CC1. The van der Waals surface area contributed by atoms with Crippen LogP contribution in [0.4, 0.5) is 0 Å². The highest BCUT2D eigenvalue weighted by Crippen LogP contribution is 2.40. The molecule has 1 aromatic heterocycles. The second-order valence-electron chi connectivity index (χ2n) is 6.43. The highest BCUT2D eigenvalue weighted by atomic mass is 32.2. The predicted molar refractivity (Wildman–Crippen MR) is 95.8 cm³/mol. The van der Waals surface area contributed by atoms with Crippen LogP contribution in [0.1, 0.15) is 54.3 Å². The van der Waals surface area contributed by atoms with E-state index in [9.17, 15) is 4.79 Å². The molecule has 2 fully saturated rings. The minimum absolute atomic E-state index is 0.108. The van der Waals surface area contributed by atoms with Crippen molar-refractivity contribution in [3.63, 3.8) is 0 Å². The lowest BCUT2D eigenvalue weighted by Gasteiger charge is -2.30. The topological polar surface area (TPSA) is 70.4 Å². The number of rotatable bonds is 8. The highest BCUT2D eigenvalue weighted by molar-refractivity contribution is 7.99. The molecule has 7 heteroatoms. The third-order valence-electron chi connectivity index (χ3n) is 4.40. The lowest BCUT2D eigenvalue weighted by molar-refractivity contribution is 0.0915. The number of amides is 1. The number of piperidine rings is 1. The van der Waals surface area contributed by atoms with Crippen LogP contribution in [0.15, 0.2) is 22.1 Å². The maximum absolute atomic E-state index is 12.3. The van der Waals surface area contributed by atoms with Crippen molar-refractivity contribution in [1.82, 2.24) is 20.1 Å². The number of hydrogen-bond donors (Lipinski definition) is 2. The van der Waals surface area contributed by atoms with Gasteiger partial charge in [0.15, 0.2) is 5.69 Å². The first-order valence-corrected chi connectivity index (χ1v) is 9.58. The molecule has 2 aliphatic rings. The Balaban J connectivity index is 1.36. The Bertz CT molecular complexity index is 563. The van der Waals surface area contributed by atoms with Crippen molar-refractivity contribution < 1.29 is 9.32 Å². The summed E-state index contributed by atoms with van der Waals surface area (Å²) in [5, 5.41) is 12.3. The van der Waals surface area contributed by atoms with Gasteiger partial charge >= 0.3 is 0 Å². The molecule has 1 aromatic rings. The Hall–Kier alpha value is -1.31. The molecule has 2 N–H and O–H groups in total. The monoisotopic (exact) mass is 350 g/mol. The maximum atomic E-state index is 12.3. The van der Waals surface area contributed by atoms with Crippen LogP contribution in [-0.4, -0.2) is 48.1 Å². The fraction of sp³-hybridized carbons (Fsp3) is 0.647. The largest absolute Gasteiger partial charge is 0.360 e. The minimum atomic E-state index is -0.108. The van der Waals surface area contributed by atoms with E-state index in [1.165, 1.54) is 0 Å². The van der Waals surface area contributed by atoms with Gasteiger partial charge in [-0.05, 0) is 51.1 Å². The van der Waals surface area contributed by atoms with Crippen molar-refractivity contribution in [2.45, 2.75) is 44.1 Å². The van der Waals surface area contributed by atoms with Gasteiger partial charge in [-0.1, -0.05) is 23.2 Å². The van der Waals surface area contributed by atoms with Gasteiger partial charge in [-0.2, -0.15) is 0 Å². The van der Waals surface area contributed by atoms with E-state index in [1.54, 1.807) is 18.0 Å². The highest BCUT2D eigenvalue weighted by Gasteiger charge is 2.29. The molecule has 0 unspecified atom stereocenters. The van der Waals surface area contributed by atoms with Gasteiger partial charge in [0.05, 0.1) is 0 Å². The molecular weight excluding hydrogens is 324 g/mol. The number of carbonyl (C=O) groups excluding carboxylic acids is 1. The zero-order valence-electron chi connectivity index (χ0n) is 14.2. The van der Waals surface area contributed by atoms with Crippen molar-refractivity contribution in [1.29, 1.82) is 0 Å². The average Bonchev–Trinajstić information content (AvgIpc) is 3.33. The first-order chi connectivity index (χ1) is 11.8. The van der Waals surface area contributed by atoms with Crippen LogP contribution in [0.25, 0.3) is 0 Å². The molecule has 1 aliphatic carbocycles. The zero-order valence-corrected chi connectivity index (χ0v) is 15.0. The van der Waals surface area contributed by atoms with E-state index in [1.807, 2.05) is 7.05 Å². The number of hydrogen-bond acceptors (Lipinski definition) is 6. The van der Waals surface area contributed by atoms with Crippen LogP contribution in [-0.2, 0) is 0 Å². The number of nitrogens with zero attached hydrogens (tertiary/aromatic N) is 2. The summed E-state index contributed by atoms with van der Waals surface area (Å²) >= 11 is 1.76. The Kier molecular flexibility index (Phi) is 6.34. The molecule has 24 heavy (non-hydrogen) atoms. The van der Waals surface area contributed by atoms with E-state index < -0.39 is 0 Å². The predicted octanol–water partition coefficient (Wildman–Crippen LogP) is 2.52. The first-order valence-electron chi connectivity index (χ1n) is 8.75. The Morgan fingerprint density at radius 3 is 2.92 bits per heavy atom. The zero-order chi connectivity index (χ0) is 16.8. The second kappa shape index (κ2) is 8.69. The molecule has 2 heterocycles. The van der Waals surface area contributed by atoms with Crippen LogP contribution in [0.5, 0.6) is 0 Å². The second-order valence-corrected chi connectivity index (χ2v) is 7.43. The van der Waals surface area contributed by atoms with E-state index in [0.29, 0.717) is 11.6 Å². The molecule has 132 valence electrons. The minimum Gasteiger partial charge on any atom is -0.360 e. The third kappa shape index (κ3) is 5.09. The van der Waals surface area contributed by atoms with E-state index in [4.69, 9.17) is 4.52 Å². The molecule has 6 nitrogen and oxygen atoms in total. The van der Waals surface area contributed by atoms with Gasteiger partial charge in [0.2, 0.25) is 0 Å². The van der Waals surface area contributed by atoms with Crippen molar-refractivity contribution in [2.24, 2.45) is 0 Å². The molecule has 0 bridgehead atoms. The number of carbonyl (C=O) groups is 1. The Morgan fingerprint density at radius 2 is 2.21 bits per heavy atom. The summed E-state index contributed by atoms with van der Waals surface area (Å²) in [4.78, 5) is 12.3. The molecule has 1 aliphatic heterocycles. The van der Waals surface area contributed by atoms with E-state index in [-0.39, 0.29) is 11.9 Å². The molecule has 0 spiro atoms. The fourth-order valence-electron chi connectivity index (χ4n) is 2.75. The molecule has 1 amide bonds. The molecule has 1 saturated heterocycles. The lowest BCUT2D eigenvalue weighted by Crippen LogP contribution is -2.42. The van der Waals surface area contributed by atoms with Gasteiger partial charge in [-0.25, -0.2) is 4.31 Å². The van der Waals surface area contributed by atoms with Crippen molar-refractivity contribution in [2.75, 3.05) is 26.7 Å². The normalized spacial score (nSPS) is 19.9. The molecule has 3 rings (SSSR count). The first kappa shape index (κ1) is 17.5. The smallest absolute Gasteiger partial charge is 0.273 e. The van der Waals surface area contributed by atoms with Crippen LogP contribution >= 0.6 is 11.9 Å². The summed E-state index contributed by atoms with van der Waals surface area (Å²) in [5.74, 6) is 1.24. The van der Waals surface area contributed by atoms with Gasteiger partial charge in [0.1, 0.15) is 5.76 Å². The summed E-state index contributed by atoms with van der Waals surface area (Å²) in [6.45, 7) is 2.98. The molecule has 0 atom stereocenters. The van der Waals surface area contributed by atoms with E-state index in [2.05, 4.69) is 31.6 Å². The molecule has 0 radical (unpaired) electrons. The summed E-state index contributed by atoms with van der Waals surface area (Å²) in [5.41, 5.74) is 0.418. The van der Waals surface area contributed by atoms with Gasteiger partial charge in [-0.15, -0.1) is 0 Å². The quantitative estimate of drug-likeness (QED) is 0.555. The van der Waals surface area contributed by atoms with Crippen LogP contribution < -0.4 is 10.6 Å². The summed E-state index contributed by atoms with van der Waals surface area (Å²) in [7, 11) is 1.96. The van der Waals surface area contributed by atoms with E-state index in [0.717, 1.165) is 57.5 Å². The van der Waals surface area contributed by atoms with Gasteiger partial charge < -0.3 is 15.2 Å². The summed E-state index contributed by atoms with van der Waals surface area (Å²) < 4.78 is 7.60. The number of nitrogens with one attached hydrogen (secondary N) is 2. The summed E-state index contributed by atoms with van der Waals surface area (Å²) in [6.07, 6.45) is 7.48. The molecular formula is C17H26N4O2S. The van der Waals surface area contributed by atoms with Crippen molar-refractivity contribution in [3.8, 4) is 0 Å². The van der Waals surface area contributed by atoms with Crippen molar-refractivity contribution in [3.05, 3.63) is 29.0 Å². The fourth-order valence-corrected chi connectivity index (χ4v) is 3.56. The van der Waals surface area contributed by atoms with Crippen molar-refractivity contribution >= 4 is 17.9 Å². The lowest BCUT2D eigenvalue weighted by atomic mass is 10.1. The van der Waals surface area contributed by atoms with Crippen LogP contribution in [0, 0.1) is 0 Å². The molecule has 0 aromatic carbocycles. The average molecular weight is 350 g/mol. The van der Waals surface area contributed by atoms with Gasteiger partial charge in [0, 0.05) is 31.1 Å². The summed E-state index contributed by atoms with van der Waals surface area (Å²) in [6, 6.07) is 2.03. The number of aromatic nitrogens is 1. The third-order valence-corrected chi connectivity index (χ3v) is 5.37. The Morgan fingerprint density at radius 1 is 1.42 bits per heavy atom. The maximum Gasteiger partial charge on any atom is 0.273 e. The molecule has 1 saturated carbocycles. The van der Waals surface area contributed by atoms with E-state index >= 15 is 0 Å².